The highest BCUT2D eigenvalue weighted by molar-refractivity contribution is 5.79. The summed E-state index contributed by atoms with van der Waals surface area (Å²) in [6.07, 6.45) is 4.56. The molecule has 0 aromatic heterocycles. The number of aliphatic carboxylic acids is 1. The number of hydrogen-bond donors (Lipinski definition) is 6. The van der Waals surface area contributed by atoms with Gasteiger partial charge in [-0.1, -0.05) is 37.6 Å². The van der Waals surface area contributed by atoms with Crippen LogP contribution >= 0.6 is 0 Å². The van der Waals surface area contributed by atoms with Crippen LogP contribution in [0.25, 0.3) is 0 Å². The minimum absolute atomic E-state index is 0.128. The third kappa shape index (κ3) is 14.6. The smallest absolute Gasteiger partial charge is 0.315 e. The first kappa shape index (κ1) is 30.4. The van der Waals surface area contributed by atoms with Crippen LogP contribution in [0.15, 0.2) is 24.3 Å². The number of carbonyl (C=O) groups excluding carboxylic acids is 4. The van der Waals surface area contributed by atoms with E-state index in [2.05, 4.69) is 26.6 Å². The Kier molecular flexibility index (Phi) is 15.0. The van der Waals surface area contributed by atoms with Gasteiger partial charge in [-0.25, -0.2) is 9.59 Å². The molecule has 2 unspecified atom stereocenters. The van der Waals surface area contributed by atoms with Crippen molar-refractivity contribution in [2.45, 2.75) is 77.4 Å². The summed E-state index contributed by atoms with van der Waals surface area (Å²) in [6.45, 7) is 4.94. The monoisotopic (exact) mass is 505 g/mol. The second kappa shape index (κ2) is 17.8. The molecule has 0 aliphatic rings. The molecule has 11 heteroatoms. The van der Waals surface area contributed by atoms with Gasteiger partial charge < -0.3 is 36.5 Å². The topological polar surface area (TPSA) is 166 Å². The molecule has 1 aromatic carbocycles. The first-order chi connectivity index (χ1) is 17.2. The number of rotatable bonds is 17. The van der Waals surface area contributed by atoms with E-state index in [1.807, 2.05) is 19.1 Å². The number of urea groups is 2. The first-order valence-electron chi connectivity index (χ1n) is 12.3. The van der Waals surface area contributed by atoms with Crippen LogP contribution in [-0.2, 0) is 27.3 Å². The predicted molar refractivity (Wildman–Crippen MR) is 135 cm³/mol. The second-order valence-corrected chi connectivity index (χ2v) is 8.66. The molecule has 0 aliphatic heterocycles. The fraction of sp³-hybridized carbons (Fsp3) is 0.560. The zero-order chi connectivity index (χ0) is 26.8. The van der Waals surface area contributed by atoms with E-state index in [0.29, 0.717) is 26.1 Å². The Morgan fingerprint density at radius 3 is 2.08 bits per heavy atom. The van der Waals surface area contributed by atoms with E-state index in [9.17, 15) is 24.0 Å². The Hall–Kier alpha value is -3.63. The van der Waals surface area contributed by atoms with Crippen molar-refractivity contribution in [2.75, 3.05) is 13.1 Å². The Balaban J connectivity index is 2.14. The van der Waals surface area contributed by atoms with Crippen LogP contribution in [-0.4, -0.2) is 60.5 Å². The summed E-state index contributed by atoms with van der Waals surface area (Å²) in [6, 6.07) is 5.73. The summed E-state index contributed by atoms with van der Waals surface area (Å²) in [5.41, 5.74) is 1.67. The summed E-state index contributed by atoms with van der Waals surface area (Å²) < 4.78 is 0. The molecule has 1 aromatic rings. The van der Waals surface area contributed by atoms with Gasteiger partial charge >= 0.3 is 18.0 Å². The number of aldehydes is 1. The molecule has 11 nitrogen and oxygen atoms in total. The third-order valence-corrected chi connectivity index (χ3v) is 5.23. The zero-order valence-electron chi connectivity index (χ0n) is 21.1. The maximum absolute atomic E-state index is 12.0. The van der Waals surface area contributed by atoms with Crippen LogP contribution in [0.5, 0.6) is 0 Å². The van der Waals surface area contributed by atoms with Gasteiger partial charge in [-0.3, -0.25) is 9.59 Å². The van der Waals surface area contributed by atoms with Gasteiger partial charge in [0.15, 0.2) is 0 Å². The highest BCUT2D eigenvalue weighted by atomic mass is 16.4. The van der Waals surface area contributed by atoms with Crippen molar-refractivity contribution in [2.24, 2.45) is 0 Å². The van der Waals surface area contributed by atoms with Crippen LogP contribution in [0.2, 0.25) is 0 Å². The largest absolute Gasteiger partial charge is 0.481 e. The predicted octanol–water partition coefficient (Wildman–Crippen LogP) is 1.84. The highest BCUT2D eigenvalue weighted by Crippen LogP contribution is 2.06. The fourth-order valence-electron chi connectivity index (χ4n) is 3.38. The first-order valence-corrected chi connectivity index (χ1v) is 12.3. The lowest BCUT2D eigenvalue weighted by Gasteiger charge is -2.12. The van der Waals surface area contributed by atoms with Crippen LogP contribution in [0.4, 0.5) is 9.59 Å². The summed E-state index contributed by atoms with van der Waals surface area (Å²) in [7, 11) is 0. The zero-order valence-corrected chi connectivity index (χ0v) is 21.1. The number of benzene rings is 1. The Labute approximate surface area is 212 Å². The number of hydrogen-bond acceptors (Lipinski definition) is 5. The quantitative estimate of drug-likeness (QED) is 0.140. The van der Waals surface area contributed by atoms with Gasteiger partial charge in [-0.15, -0.1) is 0 Å². The molecule has 1 rings (SSSR count). The number of carboxylic acid groups (broad SMARTS) is 1. The molecule has 0 saturated carbocycles. The number of amides is 5. The molecule has 0 saturated heterocycles. The van der Waals surface area contributed by atoms with Gasteiger partial charge in [0.1, 0.15) is 6.29 Å². The van der Waals surface area contributed by atoms with E-state index in [1.165, 1.54) is 0 Å². The third-order valence-electron chi connectivity index (χ3n) is 5.23. The van der Waals surface area contributed by atoms with Gasteiger partial charge in [-0.2, -0.15) is 0 Å². The summed E-state index contributed by atoms with van der Waals surface area (Å²) >= 11 is 0. The molecule has 0 bridgehead atoms. The lowest BCUT2D eigenvalue weighted by molar-refractivity contribution is -0.137. The maximum atomic E-state index is 12.0. The minimum Gasteiger partial charge on any atom is -0.481 e. The molecular formula is C25H39N5O6. The van der Waals surface area contributed by atoms with E-state index >= 15 is 0 Å². The molecule has 6 N–H and O–H groups in total. The number of carbonyl (C=O) groups is 5. The van der Waals surface area contributed by atoms with Gasteiger partial charge in [-0.05, 0) is 43.7 Å². The maximum Gasteiger partial charge on any atom is 0.315 e. The Morgan fingerprint density at radius 1 is 0.889 bits per heavy atom. The van der Waals surface area contributed by atoms with E-state index < -0.39 is 18.1 Å². The number of nitrogens with one attached hydrogen (secondary N) is 5. The summed E-state index contributed by atoms with van der Waals surface area (Å²) in [5, 5.41) is 22.3. The summed E-state index contributed by atoms with van der Waals surface area (Å²) in [4.78, 5) is 57.2. The molecule has 0 fully saturated rings. The normalized spacial score (nSPS) is 12.1. The van der Waals surface area contributed by atoms with Crippen LogP contribution in [0.3, 0.4) is 0 Å². The average Bonchev–Trinajstić information content (AvgIpc) is 2.82. The van der Waals surface area contributed by atoms with Crippen LogP contribution < -0.4 is 26.6 Å². The average molecular weight is 506 g/mol. The summed E-state index contributed by atoms with van der Waals surface area (Å²) in [5.74, 6) is -1.21. The van der Waals surface area contributed by atoms with Gasteiger partial charge in [0.25, 0.3) is 0 Å². The number of unbranched alkanes of at least 4 members (excludes halogenated alkanes) is 2. The van der Waals surface area contributed by atoms with Crippen molar-refractivity contribution >= 4 is 30.2 Å². The molecule has 0 radical (unpaired) electrons. The molecule has 0 heterocycles. The van der Waals surface area contributed by atoms with Crippen molar-refractivity contribution in [1.29, 1.82) is 0 Å². The van der Waals surface area contributed by atoms with E-state index in [0.717, 1.165) is 43.1 Å². The standard InChI is InChI=1S/C25H39N5O6/c1-3-7-21(17-31)30-25(36)27-13-6-4-5-12-26-24(35)28-16-20-10-8-19(9-11-20)15-22(32)29-18(2)14-23(33)34/h8-11,17-18,21H,3-7,12-16H2,1-2H3,(H,29,32)(H,33,34)(H2,26,28,35)(H2,27,30,36). The van der Waals surface area contributed by atoms with E-state index in [-0.39, 0.29) is 30.8 Å². The SMILES string of the molecule is CCCC(C=O)NC(=O)NCCCCCNC(=O)NCc1ccc(CC(=O)NC(C)CC(=O)O)cc1. The molecular weight excluding hydrogens is 466 g/mol. The van der Waals surface area contributed by atoms with Crippen molar-refractivity contribution < 1.29 is 29.1 Å². The second-order valence-electron chi connectivity index (χ2n) is 8.66. The van der Waals surface area contributed by atoms with Gasteiger partial charge in [0.2, 0.25) is 5.91 Å². The lowest BCUT2D eigenvalue weighted by Crippen LogP contribution is -2.43. The molecule has 0 spiro atoms. The van der Waals surface area contributed by atoms with Crippen molar-refractivity contribution in [3.05, 3.63) is 35.4 Å². The highest BCUT2D eigenvalue weighted by Gasteiger charge is 2.12. The molecule has 0 aliphatic carbocycles. The van der Waals surface area contributed by atoms with Gasteiger partial charge in [0.05, 0.1) is 18.9 Å². The van der Waals surface area contributed by atoms with E-state index in [4.69, 9.17) is 5.11 Å². The molecule has 5 amide bonds. The van der Waals surface area contributed by atoms with Gasteiger partial charge in [0, 0.05) is 25.7 Å². The van der Waals surface area contributed by atoms with E-state index in [1.54, 1.807) is 19.1 Å². The van der Waals surface area contributed by atoms with Crippen LogP contribution in [0, 0.1) is 0 Å². The van der Waals surface area contributed by atoms with Crippen molar-refractivity contribution in [3.8, 4) is 0 Å². The molecule has 200 valence electrons. The fourth-order valence-corrected chi connectivity index (χ4v) is 3.38. The van der Waals surface area contributed by atoms with Crippen molar-refractivity contribution in [3.63, 3.8) is 0 Å². The lowest BCUT2D eigenvalue weighted by atomic mass is 10.1. The molecule has 2 atom stereocenters. The Morgan fingerprint density at radius 2 is 1.50 bits per heavy atom. The van der Waals surface area contributed by atoms with Crippen LogP contribution in [0.1, 0.15) is 63.5 Å². The molecule has 36 heavy (non-hydrogen) atoms. The Bertz CT molecular complexity index is 846. The van der Waals surface area contributed by atoms with Crippen molar-refractivity contribution in [1.82, 2.24) is 26.6 Å². The minimum atomic E-state index is -0.963. The number of carboxylic acids is 1.